The number of hydrogen-bond donors (Lipinski definition) is 2. The highest BCUT2D eigenvalue weighted by Crippen LogP contribution is 2.24. The van der Waals surface area contributed by atoms with Crippen molar-refractivity contribution in [1.82, 2.24) is 5.32 Å². The Morgan fingerprint density at radius 3 is 1.72 bits per heavy atom. The smallest absolute Gasteiger partial charge is 0.267 e. The van der Waals surface area contributed by atoms with Gasteiger partial charge in [0.05, 0.1) is 6.67 Å². The molecule has 0 spiro atoms. The Kier molecular flexibility index (Phi) is 15.6. The molecule has 0 fully saturated rings. The molecule has 0 rings (SSSR count). The lowest BCUT2D eigenvalue weighted by Crippen LogP contribution is -2.41. The van der Waals surface area contributed by atoms with Gasteiger partial charge in [-0.25, -0.2) is 22.0 Å². The van der Waals surface area contributed by atoms with Crippen LogP contribution in [-0.4, -0.2) is 70.4 Å². The van der Waals surface area contributed by atoms with Crippen molar-refractivity contribution in [2.24, 2.45) is 0 Å². The van der Waals surface area contributed by atoms with Crippen LogP contribution in [0, 0.1) is 0 Å². The highest BCUT2D eigenvalue weighted by atomic mass is 32.2. The third-order valence-corrected chi connectivity index (χ3v) is 3.77. The predicted molar refractivity (Wildman–Crippen MR) is 84.9 cm³/mol. The van der Waals surface area contributed by atoms with Crippen LogP contribution in [0.25, 0.3) is 0 Å². The van der Waals surface area contributed by atoms with Crippen LogP contribution in [-0.2, 0) is 10.1 Å². The monoisotopic (exact) mass is 403 g/mol. The van der Waals surface area contributed by atoms with Gasteiger partial charge < -0.3 is 5.32 Å². The summed E-state index contributed by atoms with van der Waals surface area (Å²) in [5.41, 5.74) is 0. The van der Waals surface area contributed by atoms with E-state index in [2.05, 4.69) is 5.32 Å². The summed E-state index contributed by atoms with van der Waals surface area (Å²) >= 11 is 0. The Morgan fingerprint density at radius 2 is 1.28 bits per heavy atom. The molecule has 11 heteroatoms. The lowest BCUT2D eigenvalue weighted by Gasteiger charge is -2.22. The summed E-state index contributed by atoms with van der Waals surface area (Å²) in [6.45, 7) is -0.535. The number of rotatable bonds is 12. The van der Waals surface area contributed by atoms with Gasteiger partial charge in [-0.3, -0.25) is 8.94 Å². The van der Waals surface area contributed by atoms with E-state index in [1.165, 1.54) is 0 Å². The normalized spacial score (nSPS) is 17.8. The second-order valence-corrected chi connectivity index (χ2v) is 7.00. The molecule has 0 saturated carbocycles. The van der Waals surface area contributed by atoms with Crippen LogP contribution in [0.5, 0.6) is 0 Å². The standard InChI is InChI=1S/C12H20F6O3S.C2H7N/c13-6-4-2-1-3-5-8(14)10(16)12(18)11(17)9(15)7-22(19,20)21;1-3-2/h8-12H,1-7H2,(H,19,20,21);3H,1-2H3. The first-order valence-corrected chi connectivity index (χ1v) is 9.42. The second-order valence-electron chi connectivity index (χ2n) is 5.51. The number of hydrogen-bond acceptors (Lipinski definition) is 3. The lowest BCUT2D eigenvalue weighted by atomic mass is 10.0. The van der Waals surface area contributed by atoms with E-state index < -0.39 is 59.8 Å². The molecule has 25 heavy (non-hydrogen) atoms. The Labute approximate surface area is 145 Å². The fraction of sp³-hybridized carbons (Fsp3) is 1.00. The van der Waals surface area contributed by atoms with Gasteiger partial charge in [-0.2, -0.15) is 8.42 Å². The van der Waals surface area contributed by atoms with Gasteiger partial charge in [0.25, 0.3) is 10.1 Å². The Hall–Kier alpha value is -0.550. The molecular weight excluding hydrogens is 376 g/mol. The van der Waals surface area contributed by atoms with E-state index in [1.807, 2.05) is 14.1 Å². The minimum atomic E-state index is -4.90. The van der Waals surface area contributed by atoms with Crippen molar-refractivity contribution in [3.8, 4) is 0 Å². The van der Waals surface area contributed by atoms with E-state index >= 15 is 0 Å². The van der Waals surface area contributed by atoms with Crippen LogP contribution in [0.3, 0.4) is 0 Å². The zero-order chi connectivity index (χ0) is 20.0. The van der Waals surface area contributed by atoms with Gasteiger partial charge >= 0.3 is 0 Å². The first-order chi connectivity index (χ1) is 11.5. The Balaban J connectivity index is 0. The van der Waals surface area contributed by atoms with E-state index in [0.717, 1.165) is 0 Å². The fourth-order valence-electron chi connectivity index (χ4n) is 1.81. The van der Waals surface area contributed by atoms with E-state index in [-0.39, 0.29) is 12.8 Å². The van der Waals surface area contributed by atoms with E-state index in [9.17, 15) is 34.8 Å². The van der Waals surface area contributed by atoms with Crippen LogP contribution in [0.15, 0.2) is 0 Å². The van der Waals surface area contributed by atoms with Gasteiger partial charge in [-0.15, -0.1) is 0 Å². The molecule has 0 heterocycles. The summed E-state index contributed by atoms with van der Waals surface area (Å²) in [5, 5.41) is 2.75. The summed E-state index contributed by atoms with van der Waals surface area (Å²) < 4.78 is 107. The van der Waals surface area contributed by atoms with Gasteiger partial charge in [-0.05, 0) is 26.9 Å². The predicted octanol–water partition coefficient (Wildman–Crippen LogP) is 3.32. The van der Waals surface area contributed by atoms with Crippen LogP contribution < -0.4 is 5.32 Å². The van der Waals surface area contributed by atoms with Crippen molar-refractivity contribution < 1.29 is 39.3 Å². The maximum Gasteiger partial charge on any atom is 0.267 e. The Bertz CT molecular complexity index is 415. The third-order valence-electron chi connectivity index (χ3n) is 3.03. The van der Waals surface area contributed by atoms with Gasteiger partial charge in [0.15, 0.2) is 24.7 Å². The molecule has 2 N–H and O–H groups in total. The molecular formula is C14H27F6NO3S. The van der Waals surface area contributed by atoms with Crippen LogP contribution in [0.1, 0.15) is 32.1 Å². The number of unbranched alkanes of at least 4 members (excludes halogenated alkanes) is 3. The molecule has 0 aromatic rings. The molecule has 0 aliphatic rings. The summed E-state index contributed by atoms with van der Waals surface area (Å²) in [6.07, 6.45) is -13.9. The molecule has 154 valence electrons. The average molecular weight is 403 g/mol. The molecule has 0 aliphatic heterocycles. The molecule has 0 amide bonds. The molecule has 0 saturated heterocycles. The van der Waals surface area contributed by atoms with Crippen LogP contribution in [0.2, 0.25) is 0 Å². The molecule has 0 aliphatic carbocycles. The zero-order valence-electron chi connectivity index (χ0n) is 14.3. The molecule has 0 radical (unpaired) electrons. The van der Waals surface area contributed by atoms with Gasteiger partial charge in [0.2, 0.25) is 0 Å². The maximum atomic E-state index is 13.4. The topological polar surface area (TPSA) is 66.4 Å². The van der Waals surface area contributed by atoms with E-state index in [0.29, 0.717) is 12.8 Å². The van der Waals surface area contributed by atoms with Crippen LogP contribution in [0.4, 0.5) is 26.3 Å². The van der Waals surface area contributed by atoms with E-state index in [1.54, 1.807) is 0 Å². The SMILES string of the molecule is CNC.O=S(=O)(O)CC(F)C(F)C(F)C(F)C(F)CCCCCCF. The van der Waals surface area contributed by atoms with E-state index in [4.69, 9.17) is 4.55 Å². The number of nitrogens with one attached hydrogen (secondary N) is 1. The van der Waals surface area contributed by atoms with Crippen molar-refractivity contribution in [2.75, 3.05) is 26.5 Å². The highest BCUT2D eigenvalue weighted by Gasteiger charge is 2.41. The lowest BCUT2D eigenvalue weighted by molar-refractivity contribution is 0.00347. The minimum absolute atomic E-state index is 0.134. The van der Waals surface area contributed by atoms with Gasteiger partial charge in [0, 0.05) is 0 Å². The molecule has 5 atom stereocenters. The first kappa shape index (κ1) is 26.7. The zero-order valence-corrected chi connectivity index (χ0v) is 15.1. The quantitative estimate of drug-likeness (QED) is 0.298. The maximum absolute atomic E-state index is 13.4. The third kappa shape index (κ3) is 14.3. The summed E-state index contributed by atoms with van der Waals surface area (Å²) in [7, 11) is -1.15. The second kappa shape index (κ2) is 14.6. The summed E-state index contributed by atoms with van der Waals surface area (Å²) in [4.78, 5) is 0. The molecule has 0 aromatic heterocycles. The largest absolute Gasteiger partial charge is 0.323 e. The fourth-order valence-corrected chi connectivity index (χ4v) is 2.40. The highest BCUT2D eigenvalue weighted by molar-refractivity contribution is 7.85. The van der Waals surface area contributed by atoms with Gasteiger partial charge in [-0.1, -0.05) is 19.3 Å². The average Bonchev–Trinajstić information content (AvgIpc) is 2.51. The number of halogens is 6. The van der Waals surface area contributed by atoms with Crippen molar-refractivity contribution in [3.63, 3.8) is 0 Å². The molecule has 5 unspecified atom stereocenters. The van der Waals surface area contributed by atoms with Crippen molar-refractivity contribution >= 4 is 10.1 Å². The van der Waals surface area contributed by atoms with Crippen molar-refractivity contribution in [3.05, 3.63) is 0 Å². The first-order valence-electron chi connectivity index (χ1n) is 7.81. The molecule has 0 bridgehead atoms. The number of alkyl halides is 6. The summed E-state index contributed by atoms with van der Waals surface area (Å²) in [5.74, 6) is -1.73. The molecule has 4 nitrogen and oxygen atoms in total. The van der Waals surface area contributed by atoms with Crippen molar-refractivity contribution in [2.45, 2.75) is 63.0 Å². The Morgan fingerprint density at radius 1 is 0.840 bits per heavy atom. The minimum Gasteiger partial charge on any atom is -0.323 e. The summed E-state index contributed by atoms with van der Waals surface area (Å²) in [6, 6.07) is 0. The van der Waals surface area contributed by atoms with Gasteiger partial charge in [0.1, 0.15) is 11.9 Å². The van der Waals surface area contributed by atoms with Crippen molar-refractivity contribution in [1.29, 1.82) is 0 Å². The molecule has 0 aromatic carbocycles. The van der Waals surface area contributed by atoms with Crippen LogP contribution >= 0.6 is 0 Å².